The van der Waals surface area contributed by atoms with Crippen LogP contribution in [0.1, 0.15) is 18.1 Å². The van der Waals surface area contributed by atoms with Gasteiger partial charge in [-0.3, -0.25) is 9.10 Å². The van der Waals surface area contributed by atoms with E-state index in [1.54, 1.807) is 75.6 Å². The van der Waals surface area contributed by atoms with Gasteiger partial charge in [-0.1, -0.05) is 29.3 Å². The van der Waals surface area contributed by atoms with Gasteiger partial charge in [0.15, 0.2) is 0 Å². The topological polar surface area (TPSA) is 84.9 Å². The van der Waals surface area contributed by atoms with Crippen LogP contribution < -0.4 is 19.1 Å². The van der Waals surface area contributed by atoms with E-state index in [1.807, 2.05) is 6.92 Å². The van der Waals surface area contributed by atoms with Crippen molar-refractivity contribution in [2.24, 2.45) is 0 Å². The van der Waals surface area contributed by atoms with Crippen LogP contribution in [0.15, 0.2) is 71.6 Å². The molecule has 3 aromatic carbocycles. The molecular formula is C26H29ClN2O5S. The number of hydrogen-bond acceptors (Lipinski definition) is 5. The van der Waals surface area contributed by atoms with Crippen molar-refractivity contribution in [2.75, 3.05) is 24.6 Å². The Morgan fingerprint density at radius 2 is 1.63 bits per heavy atom. The number of amides is 1. The third-order valence-electron chi connectivity index (χ3n) is 5.29. The predicted octanol–water partition coefficient (Wildman–Crippen LogP) is 4.74. The number of sulfonamides is 1. The van der Waals surface area contributed by atoms with Gasteiger partial charge in [-0.2, -0.15) is 0 Å². The number of anilines is 1. The molecule has 0 aliphatic carbocycles. The molecule has 0 fully saturated rings. The highest BCUT2D eigenvalue weighted by Gasteiger charge is 2.28. The monoisotopic (exact) mass is 516 g/mol. The fourth-order valence-electron chi connectivity index (χ4n) is 3.42. The molecule has 9 heteroatoms. The maximum atomic E-state index is 13.5. The Morgan fingerprint density at radius 1 is 1.00 bits per heavy atom. The molecule has 0 aromatic heterocycles. The number of methoxy groups -OCH3 is 1. The van der Waals surface area contributed by atoms with E-state index in [0.29, 0.717) is 27.8 Å². The summed E-state index contributed by atoms with van der Waals surface area (Å²) in [5, 5.41) is 3.29. The quantitative estimate of drug-likeness (QED) is 0.420. The van der Waals surface area contributed by atoms with E-state index in [1.165, 1.54) is 12.1 Å². The van der Waals surface area contributed by atoms with Crippen molar-refractivity contribution >= 4 is 33.2 Å². The maximum absolute atomic E-state index is 13.5. The summed E-state index contributed by atoms with van der Waals surface area (Å²) < 4.78 is 39.0. The highest BCUT2D eigenvalue weighted by atomic mass is 35.5. The second-order valence-electron chi connectivity index (χ2n) is 8.21. The number of aryl methyl sites for hydroxylation is 2. The highest BCUT2D eigenvalue weighted by Crippen LogP contribution is 2.29. The summed E-state index contributed by atoms with van der Waals surface area (Å²) in [5.74, 6) is 0.888. The number of nitrogens with zero attached hydrogens (tertiary/aromatic N) is 1. The van der Waals surface area contributed by atoms with Crippen molar-refractivity contribution in [3.8, 4) is 11.5 Å². The van der Waals surface area contributed by atoms with Gasteiger partial charge >= 0.3 is 0 Å². The van der Waals surface area contributed by atoms with Crippen LogP contribution in [-0.2, 0) is 14.8 Å². The molecule has 1 N–H and O–H groups in total. The molecule has 35 heavy (non-hydrogen) atoms. The highest BCUT2D eigenvalue weighted by molar-refractivity contribution is 7.92. The largest absolute Gasteiger partial charge is 0.497 e. The van der Waals surface area contributed by atoms with Crippen molar-refractivity contribution in [1.82, 2.24) is 5.32 Å². The van der Waals surface area contributed by atoms with Crippen LogP contribution in [0.4, 0.5) is 5.69 Å². The molecule has 0 saturated carbocycles. The van der Waals surface area contributed by atoms with Crippen LogP contribution in [0.3, 0.4) is 0 Å². The number of ether oxygens (including phenoxy) is 2. The third-order valence-corrected chi connectivity index (χ3v) is 7.30. The van der Waals surface area contributed by atoms with Gasteiger partial charge < -0.3 is 14.8 Å². The van der Waals surface area contributed by atoms with Crippen LogP contribution in [-0.4, -0.2) is 40.6 Å². The molecule has 7 nitrogen and oxygen atoms in total. The normalized spacial score (nSPS) is 12.0. The maximum Gasteiger partial charge on any atom is 0.264 e. The SMILES string of the molecule is COc1ccc(OCC(C)NC(=O)CN(c2ccc(Cl)cc2C)S(=O)(=O)c2ccc(C)cc2)cc1. The molecule has 0 bridgehead atoms. The van der Waals surface area contributed by atoms with Crippen molar-refractivity contribution in [3.63, 3.8) is 0 Å². The second kappa shape index (κ2) is 11.5. The van der Waals surface area contributed by atoms with E-state index in [9.17, 15) is 13.2 Å². The van der Waals surface area contributed by atoms with Gasteiger partial charge in [0.05, 0.1) is 23.7 Å². The van der Waals surface area contributed by atoms with E-state index in [4.69, 9.17) is 21.1 Å². The Kier molecular flexibility index (Phi) is 8.64. The van der Waals surface area contributed by atoms with E-state index < -0.39 is 22.5 Å². The molecule has 1 atom stereocenters. The Hall–Kier alpha value is -3.23. The summed E-state index contributed by atoms with van der Waals surface area (Å²) in [6.45, 7) is 5.23. The number of rotatable bonds is 10. The van der Waals surface area contributed by atoms with Crippen LogP contribution in [0.2, 0.25) is 5.02 Å². The standard InChI is InChI=1S/C26H29ClN2O5S/c1-18-5-12-24(13-6-18)35(31,32)29(25-14-7-21(27)15-19(25)2)16-26(30)28-20(3)17-34-23-10-8-22(33-4)9-11-23/h5-15,20H,16-17H2,1-4H3,(H,28,30). The molecule has 1 unspecified atom stereocenters. The van der Waals surface area contributed by atoms with Crippen LogP contribution in [0.25, 0.3) is 0 Å². The number of benzene rings is 3. The molecule has 3 rings (SSSR count). The Bertz CT molecular complexity index is 1260. The first-order valence-electron chi connectivity index (χ1n) is 11.0. The first kappa shape index (κ1) is 26.4. The summed E-state index contributed by atoms with van der Waals surface area (Å²) in [4.78, 5) is 13.0. The predicted molar refractivity (Wildman–Crippen MR) is 138 cm³/mol. The Morgan fingerprint density at radius 3 is 2.23 bits per heavy atom. The molecule has 1 amide bonds. The van der Waals surface area contributed by atoms with Gasteiger partial charge in [-0.15, -0.1) is 0 Å². The van der Waals surface area contributed by atoms with Crippen molar-refractivity contribution in [2.45, 2.75) is 31.7 Å². The first-order valence-corrected chi connectivity index (χ1v) is 12.8. The minimum absolute atomic E-state index is 0.0983. The van der Waals surface area contributed by atoms with Crippen molar-refractivity contribution in [1.29, 1.82) is 0 Å². The molecule has 3 aromatic rings. The molecule has 0 saturated heterocycles. The minimum Gasteiger partial charge on any atom is -0.497 e. The molecule has 0 aliphatic heterocycles. The van der Waals surface area contributed by atoms with E-state index in [0.717, 1.165) is 9.87 Å². The van der Waals surface area contributed by atoms with Gasteiger partial charge in [-0.25, -0.2) is 8.42 Å². The number of carbonyl (C=O) groups is 1. The zero-order valence-electron chi connectivity index (χ0n) is 20.1. The molecule has 0 spiro atoms. The van der Waals surface area contributed by atoms with Gasteiger partial charge in [0.2, 0.25) is 5.91 Å². The lowest BCUT2D eigenvalue weighted by Gasteiger charge is -2.26. The lowest BCUT2D eigenvalue weighted by molar-refractivity contribution is -0.120. The Labute approximate surface area is 211 Å². The molecule has 0 aliphatic rings. The number of carbonyl (C=O) groups excluding carboxylic acids is 1. The number of halogens is 1. The van der Waals surface area contributed by atoms with Crippen LogP contribution in [0, 0.1) is 13.8 Å². The number of nitrogens with one attached hydrogen (secondary N) is 1. The van der Waals surface area contributed by atoms with Crippen LogP contribution >= 0.6 is 11.6 Å². The van der Waals surface area contributed by atoms with Gasteiger partial charge in [0, 0.05) is 5.02 Å². The summed E-state index contributed by atoms with van der Waals surface area (Å²) >= 11 is 6.08. The average Bonchev–Trinajstić information content (AvgIpc) is 2.82. The lowest BCUT2D eigenvalue weighted by atomic mass is 10.2. The smallest absolute Gasteiger partial charge is 0.264 e. The fraction of sp³-hybridized carbons (Fsp3) is 0.269. The van der Waals surface area contributed by atoms with Crippen LogP contribution in [0.5, 0.6) is 11.5 Å². The van der Waals surface area contributed by atoms with E-state index >= 15 is 0 Å². The number of hydrogen-bond donors (Lipinski definition) is 1. The molecule has 0 radical (unpaired) electrons. The fourth-order valence-corrected chi connectivity index (χ4v) is 5.13. The lowest BCUT2D eigenvalue weighted by Crippen LogP contribution is -2.45. The third kappa shape index (κ3) is 6.90. The summed E-state index contributed by atoms with van der Waals surface area (Å²) in [7, 11) is -2.43. The van der Waals surface area contributed by atoms with Gasteiger partial charge in [0.1, 0.15) is 24.7 Å². The minimum atomic E-state index is -4.01. The molecular weight excluding hydrogens is 488 g/mol. The zero-order chi connectivity index (χ0) is 25.6. The Balaban J connectivity index is 1.76. The zero-order valence-corrected chi connectivity index (χ0v) is 21.7. The van der Waals surface area contributed by atoms with Gasteiger partial charge in [-0.05, 0) is 80.9 Å². The molecule has 186 valence electrons. The van der Waals surface area contributed by atoms with Crippen molar-refractivity contribution < 1.29 is 22.7 Å². The summed E-state index contributed by atoms with van der Waals surface area (Å²) in [5.41, 5.74) is 1.95. The first-order chi connectivity index (χ1) is 16.6. The molecule has 0 heterocycles. The van der Waals surface area contributed by atoms with Crippen molar-refractivity contribution in [3.05, 3.63) is 82.9 Å². The second-order valence-corrected chi connectivity index (χ2v) is 10.5. The average molecular weight is 517 g/mol. The summed E-state index contributed by atoms with van der Waals surface area (Å²) in [6, 6.07) is 18.1. The van der Waals surface area contributed by atoms with E-state index in [2.05, 4.69) is 5.32 Å². The van der Waals surface area contributed by atoms with Gasteiger partial charge in [0.25, 0.3) is 10.0 Å². The van der Waals surface area contributed by atoms with E-state index in [-0.39, 0.29) is 17.5 Å². The summed E-state index contributed by atoms with van der Waals surface area (Å²) in [6.07, 6.45) is 0.